The number of aliphatic hydroxyl groups is 1. The first-order chi connectivity index (χ1) is 7.69. The van der Waals surface area contributed by atoms with Crippen LogP contribution < -0.4 is 4.90 Å². The zero-order valence-electron chi connectivity index (χ0n) is 9.68. The highest BCUT2D eigenvalue weighted by atomic mass is 16.5. The van der Waals surface area contributed by atoms with Crippen LogP contribution in [0.5, 0.6) is 0 Å². The molecule has 1 fully saturated rings. The van der Waals surface area contributed by atoms with E-state index in [0.29, 0.717) is 13.2 Å². The molecule has 1 saturated heterocycles. The summed E-state index contributed by atoms with van der Waals surface area (Å²) in [5.41, 5.74) is 0.967. The molecule has 1 aliphatic rings. The van der Waals surface area contributed by atoms with Gasteiger partial charge in [0, 0.05) is 24.8 Å². The summed E-state index contributed by atoms with van der Waals surface area (Å²) in [5.74, 6) is 1.70. The third-order valence-corrected chi connectivity index (χ3v) is 2.62. The summed E-state index contributed by atoms with van der Waals surface area (Å²) in [4.78, 5) is 10.8. The molecule has 0 spiro atoms. The van der Waals surface area contributed by atoms with Gasteiger partial charge in [0.05, 0.1) is 19.3 Å². The molecule has 5 heteroatoms. The predicted octanol–water partition coefficient (Wildman–Crippen LogP) is 0.291. The third kappa shape index (κ3) is 2.48. The van der Waals surface area contributed by atoms with Crippen LogP contribution in [0.25, 0.3) is 0 Å². The molecule has 2 heterocycles. The van der Waals surface area contributed by atoms with E-state index in [0.717, 1.165) is 23.9 Å². The second kappa shape index (κ2) is 4.76. The van der Waals surface area contributed by atoms with Gasteiger partial charge in [-0.15, -0.1) is 0 Å². The van der Waals surface area contributed by atoms with Crippen molar-refractivity contribution in [1.82, 2.24) is 9.97 Å². The van der Waals surface area contributed by atoms with E-state index in [1.807, 2.05) is 19.9 Å². The predicted molar refractivity (Wildman–Crippen MR) is 60.5 cm³/mol. The molecular weight excluding hydrogens is 206 g/mol. The summed E-state index contributed by atoms with van der Waals surface area (Å²) in [7, 11) is 0. The van der Waals surface area contributed by atoms with Crippen molar-refractivity contribution in [3.8, 4) is 0 Å². The van der Waals surface area contributed by atoms with Crippen molar-refractivity contribution in [2.24, 2.45) is 0 Å². The van der Waals surface area contributed by atoms with Crippen molar-refractivity contribution < 1.29 is 9.84 Å². The smallest absolute Gasteiger partial charge is 0.132 e. The van der Waals surface area contributed by atoms with Crippen LogP contribution >= 0.6 is 0 Å². The Morgan fingerprint density at radius 3 is 3.00 bits per heavy atom. The fraction of sp³-hybridized carbons (Fsp3) is 0.636. The van der Waals surface area contributed by atoms with E-state index >= 15 is 0 Å². The quantitative estimate of drug-likeness (QED) is 0.781. The van der Waals surface area contributed by atoms with Crippen molar-refractivity contribution in [2.45, 2.75) is 20.0 Å². The monoisotopic (exact) mass is 223 g/mol. The maximum atomic E-state index is 9.08. The molecule has 2 rings (SSSR count). The number of anilines is 1. The van der Waals surface area contributed by atoms with Crippen molar-refractivity contribution in [3.05, 3.63) is 17.6 Å². The van der Waals surface area contributed by atoms with Gasteiger partial charge < -0.3 is 14.7 Å². The zero-order chi connectivity index (χ0) is 11.5. The van der Waals surface area contributed by atoms with E-state index in [1.165, 1.54) is 0 Å². The molecule has 1 aliphatic heterocycles. The molecule has 5 nitrogen and oxygen atoms in total. The fourth-order valence-corrected chi connectivity index (χ4v) is 1.90. The molecule has 16 heavy (non-hydrogen) atoms. The maximum absolute atomic E-state index is 9.08. The zero-order valence-corrected chi connectivity index (χ0v) is 9.68. The first-order valence-corrected chi connectivity index (χ1v) is 5.48. The highest BCUT2D eigenvalue weighted by Crippen LogP contribution is 2.16. The van der Waals surface area contributed by atoms with Crippen LogP contribution in [0.3, 0.4) is 0 Å². The Labute approximate surface area is 95.1 Å². The Morgan fingerprint density at radius 2 is 2.31 bits per heavy atom. The Morgan fingerprint density at radius 1 is 1.50 bits per heavy atom. The summed E-state index contributed by atoms with van der Waals surface area (Å²) in [6.45, 7) is 6.04. The summed E-state index contributed by atoms with van der Waals surface area (Å²) in [5, 5.41) is 9.08. The molecule has 88 valence electrons. The number of aliphatic hydroxyl groups excluding tert-OH is 1. The van der Waals surface area contributed by atoms with Crippen LogP contribution in [0.4, 0.5) is 5.82 Å². The van der Waals surface area contributed by atoms with Gasteiger partial charge >= 0.3 is 0 Å². The number of hydrogen-bond donors (Lipinski definition) is 1. The second-order valence-electron chi connectivity index (χ2n) is 4.04. The van der Waals surface area contributed by atoms with E-state index < -0.39 is 0 Å². The molecule has 1 aromatic rings. The van der Waals surface area contributed by atoms with Crippen molar-refractivity contribution in [2.75, 3.05) is 31.2 Å². The maximum Gasteiger partial charge on any atom is 0.132 e. The van der Waals surface area contributed by atoms with Crippen molar-refractivity contribution in [3.63, 3.8) is 0 Å². The second-order valence-corrected chi connectivity index (χ2v) is 4.04. The molecule has 0 bridgehead atoms. The van der Waals surface area contributed by atoms with Gasteiger partial charge in [0.2, 0.25) is 0 Å². The van der Waals surface area contributed by atoms with E-state index in [-0.39, 0.29) is 12.7 Å². The SMILES string of the molecule is Cc1cc(N2CCOC(CO)C2)nc(C)n1. The lowest BCUT2D eigenvalue weighted by molar-refractivity contribution is 0.00334. The molecule has 0 radical (unpaired) electrons. The molecular formula is C11H17N3O2. The van der Waals surface area contributed by atoms with Gasteiger partial charge in [-0.2, -0.15) is 0 Å². The van der Waals surface area contributed by atoms with Crippen LogP contribution in [-0.2, 0) is 4.74 Å². The van der Waals surface area contributed by atoms with Crippen LogP contribution in [0.2, 0.25) is 0 Å². The molecule has 1 N–H and O–H groups in total. The van der Waals surface area contributed by atoms with Crippen LogP contribution in [0, 0.1) is 13.8 Å². The highest BCUT2D eigenvalue weighted by Gasteiger charge is 2.21. The Hall–Kier alpha value is -1.20. The Kier molecular flexibility index (Phi) is 3.36. The number of aromatic nitrogens is 2. The largest absolute Gasteiger partial charge is 0.394 e. The number of rotatable bonds is 2. The molecule has 0 aliphatic carbocycles. The normalized spacial score (nSPS) is 21.2. The number of ether oxygens (including phenoxy) is 1. The molecule has 1 unspecified atom stereocenters. The van der Waals surface area contributed by atoms with Crippen LogP contribution in [0.1, 0.15) is 11.5 Å². The van der Waals surface area contributed by atoms with E-state index in [2.05, 4.69) is 14.9 Å². The number of morpholine rings is 1. The van der Waals surface area contributed by atoms with Crippen LogP contribution in [-0.4, -0.2) is 47.5 Å². The first kappa shape index (κ1) is 11.3. The minimum Gasteiger partial charge on any atom is -0.394 e. The average Bonchev–Trinajstić information content (AvgIpc) is 2.28. The van der Waals surface area contributed by atoms with Gasteiger partial charge in [-0.3, -0.25) is 0 Å². The van der Waals surface area contributed by atoms with Gasteiger partial charge in [-0.25, -0.2) is 9.97 Å². The van der Waals surface area contributed by atoms with Crippen molar-refractivity contribution >= 4 is 5.82 Å². The number of nitrogens with zero attached hydrogens (tertiary/aromatic N) is 3. The van der Waals surface area contributed by atoms with E-state index in [1.54, 1.807) is 0 Å². The summed E-state index contributed by atoms with van der Waals surface area (Å²) in [6.07, 6.45) is -0.107. The van der Waals surface area contributed by atoms with Gasteiger partial charge in [0.25, 0.3) is 0 Å². The van der Waals surface area contributed by atoms with Gasteiger partial charge in [-0.05, 0) is 13.8 Å². The minimum absolute atomic E-state index is 0.0551. The first-order valence-electron chi connectivity index (χ1n) is 5.48. The Bertz CT molecular complexity index is 350. The van der Waals surface area contributed by atoms with E-state index in [9.17, 15) is 0 Å². The minimum atomic E-state index is -0.107. The number of hydrogen-bond acceptors (Lipinski definition) is 5. The molecule has 0 saturated carbocycles. The summed E-state index contributed by atoms with van der Waals surface area (Å²) >= 11 is 0. The topological polar surface area (TPSA) is 58.5 Å². The fourth-order valence-electron chi connectivity index (χ4n) is 1.90. The van der Waals surface area contributed by atoms with Crippen LogP contribution in [0.15, 0.2) is 6.07 Å². The Balaban J connectivity index is 2.16. The number of aryl methyl sites for hydroxylation is 2. The standard InChI is InChI=1S/C11H17N3O2/c1-8-5-11(13-9(2)12-8)14-3-4-16-10(6-14)7-15/h5,10,15H,3-4,6-7H2,1-2H3. The highest BCUT2D eigenvalue weighted by molar-refractivity contribution is 5.40. The summed E-state index contributed by atoms with van der Waals surface area (Å²) in [6, 6.07) is 1.97. The molecule has 1 atom stereocenters. The molecule has 1 aromatic heterocycles. The van der Waals surface area contributed by atoms with E-state index in [4.69, 9.17) is 9.84 Å². The lowest BCUT2D eigenvalue weighted by Crippen LogP contribution is -2.44. The lowest BCUT2D eigenvalue weighted by atomic mass is 10.2. The van der Waals surface area contributed by atoms with Crippen molar-refractivity contribution in [1.29, 1.82) is 0 Å². The summed E-state index contributed by atoms with van der Waals surface area (Å²) < 4.78 is 5.40. The molecule has 0 aromatic carbocycles. The third-order valence-electron chi connectivity index (χ3n) is 2.62. The van der Waals surface area contributed by atoms with Gasteiger partial charge in [0.1, 0.15) is 11.6 Å². The lowest BCUT2D eigenvalue weighted by Gasteiger charge is -2.33. The average molecular weight is 223 g/mol. The molecule has 0 amide bonds. The van der Waals surface area contributed by atoms with Gasteiger partial charge in [0.15, 0.2) is 0 Å². The van der Waals surface area contributed by atoms with Gasteiger partial charge in [-0.1, -0.05) is 0 Å².